The lowest BCUT2D eigenvalue weighted by Gasteiger charge is -2.34. The predicted molar refractivity (Wildman–Crippen MR) is 102 cm³/mol. The zero-order valence-corrected chi connectivity index (χ0v) is 15.4. The zero-order chi connectivity index (χ0) is 19.4. The quantitative estimate of drug-likeness (QED) is 0.900. The minimum absolute atomic E-state index is 0.00935. The predicted octanol–water partition coefficient (Wildman–Crippen LogP) is 1.95. The number of carbonyl (C=O) groups is 3. The fraction of sp³-hybridized carbons (Fsp3) is 0.300. The second kappa shape index (κ2) is 7.99. The Hall–Kier alpha value is -3.22. The molecule has 7 nitrogen and oxygen atoms in total. The lowest BCUT2D eigenvalue weighted by molar-refractivity contribution is -0.130. The van der Waals surface area contributed by atoms with E-state index in [-0.39, 0.29) is 29.1 Å². The van der Waals surface area contributed by atoms with E-state index in [2.05, 4.69) is 10.3 Å². The molecular formula is C20H22N4O3. The van der Waals surface area contributed by atoms with E-state index in [1.54, 1.807) is 28.0 Å². The van der Waals surface area contributed by atoms with E-state index in [1.807, 2.05) is 31.2 Å². The van der Waals surface area contributed by atoms with Crippen molar-refractivity contribution in [2.45, 2.75) is 13.8 Å². The Kier molecular flexibility index (Phi) is 5.49. The molecule has 1 aromatic heterocycles. The lowest BCUT2D eigenvalue weighted by Crippen LogP contribution is -2.50. The smallest absolute Gasteiger partial charge is 0.274 e. The summed E-state index contributed by atoms with van der Waals surface area (Å²) in [6, 6.07) is 12.3. The van der Waals surface area contributed by atoms with Crippen LogP contribution in [-0.2, 0) is 4.79 Å². The summed E-state index contributed by atoms with van der Waals surface area (Å²) in [7, 11) is 0. The first-order valence-corrected chi connectivity index (χ1v) is 8.84. The molecule has 0 saturated carbocycles. The minimum atomic E-state index is -0.361. The van der Waals surface area contributed by atoms with Crippen LogP contribution >= 0.6 is 0 Å². The van der Waals surface area contributed by atoms with Crippen molar-refractivity contribution >= 4 is 23.4 Å². The number of piperazine rings is 1. The van der Waals surface area contributed by atoms with E-state index in [0.717, 1.165) is 5.56 Å². The molecule has 1 aromatic carbocycles. The number of aromatic nitrogens is 1. The molecule has 7 heteroatoms. The van der Waals surface area contributed by atoms with E-state index < -0.39 is 0 Å². The van der Waals surface area contributed by atoms with Crippen molar-refractivity contribution < 1.29 is 14.4 Å². The van der Waals surface area contributed by atoms with Gasteiger partial charge in [-0.2, -0.15) is 0 Å². The third-order valence-electron chi connectivity index (χ3n) is 4.61. The van der Waals surface area contributed by atoms with Crippen molar-refractivity contribution in [3.63, 3.8) is 0 Å². The number of hydrogen-bond donors (Lipinski definition) is 1. The largest absolute Gasteiger partial charge is 0.339 e. The molecule has 1 aliphatic heterocycles. The summed E-state index contributed by atoms with van der Waals surface area (Å²) in [6.07, 6.45) is 0. The van der Waals surface area contributed by atoms with Gasteiger partial charge in [-0.05, 0) is 30.7 Å². The van der Waals surface area contributed by atoms with Gasteiger partial charge in [0.25, 0.3) is 11.8 Å². The van der Waals surface area contributed by atoms with Crippen molar-refractivity contribution in [3.8, 4) is 0 Å². The topological polar surface area (TPSA) is 82.6 Å². The molecule has 1 aliphatic rings. The number of rotatable bonds is 3. The zero-order valence-electron chi connectivity index (χ0n) is 15.4. The van der Waals surface area contributed by atoms with Crippen LogP contribution < -0.4 is 5.32 Å². The van der Waals surface area contributed by atoms with Crippen molar-refractivity contribution in [1.29, 1.82) is 0 Å². The van der Waals surface area contributed by atoms with Gasteiger partial charge >= 0.3 is 0 Å². The van der Waals surface area contributed by atoms with Gasteiger partial charge < -0.3 is 15.1 Å². The van der Waals surface area contributed by atoms with Crippen LogP contribution in [0, 0.1) is 6.92 Å². The van der Waals surface area contributed by atoms with Crippen LogP contribution in [0.3, 0.4) is 0 Å². The number of benzene rings is 1. The molecule has 3 amide bonds. The maximum absolute atomic E-state index is 12.7. The Labute approximate surface area is 158 Å². The number of pyridine rings is 1. The first-order chi connectivity index (χ1) is 13.0. The van der Waals surface area contributed by atoms with Gasteiger partial charge in [-0.25, -0.2) is 4.98 Å². The first-order valence-electron chi connectivity index (χ1n) is 8.84. The molecule has 2 aromatic rings. The van der Waals surface area contributed by atoms with Crippen LogP contribution in [0.25, 0.3) is 0 Å². The number of anilines is 1. The van der Waals surface area contributed by atoms with Crippen LogP contribution in [0.5, 0.6) is 0 Å². The SMILES string of the molecule is CC(=O)N1CCN(C(=O)c2cccc(C(=O)Nc3ccccc3C)n2)CC1. The second-order valence-corrected chi connectivity index (χ2v) is 6.48. The van der Waals surface area contributed by atoms with Crippen LogP contribution in [0.15, 0.2) is 42.5 Å². The number of nitrogens with one attached hydrogen (secondary N) is 1. The molecule has 0 unspecified atom stereocenters. The normalized spacial score (nSPS) is 14.0. The Morgan fingerprint density at radius 3 is 2.19 bits per heavy atom. The molecule has 0 spiro atoms. The highest BCUT2D eigenvalue weighted by Crippen LogP contribution is 2.15. The van der Waals surface area contributed by atoms with Gasteiger partial charge in [0.15, 0.2) is 0 Å². The number of aryl methyl sites for hydroxylation is 1. The Balaban J connectivity index is 1.70. The molecule has 0 aliphatic carbocycles. The van der Waals surface area contributed by atoms with E-state index in [9.17, 15) is 14.4 Å². The maximum atomic E-state index is 12.7. The second-order valence-electron chi connectivity index (χ2n) is 6.48. The van der Waals surface area contributed by atoms with Crippen molar-refractivity contribution in [2.24, 2.45) is 0 Å². The highest BCUT2D eigenvalue weighted by Gasteiger charge is 2.24. The van der Waals surface area contributed by atoms with Crippen molar-refractivity contribution in [2.75, 3.05) is 31.5 Å². The van der Waals surface area contributed by atoms with Gasteiger partial charge in [-0.15, -0.1) is 0 Å². The van der Waals surface area contributed by atoms with Crippen LogP contribution in [0.1, 0.15) is 33.5 Å². The van der Waals surface area contributed by atoms with Gasteiger partial charge in [0, 0.05) is 38.8 Å². The fourth-order valence-corrected chi connectivity index (χ4v) is 2.97. The number of nitrogens with zero attached hydrogens (tertiary/aromatic N) is 3. The van der Waals surface area contributed by atoms with Gasteiger partial charge in [0.1, 0.15) is 11.4 Å². The third kappa shape index (κ3) is 4.31. The third-order valence-corrected chi connectivity index (χ3v) is 4.61. The average Bonchev–Trinajstić information content (AvgIpc) is 2.69. The van der Waals surface area contributed by atoms with Gasteiger partial charge in [-0.3, -0.25) is 14.4 Å². The molecule has 2 heterocycles. The molecule has 0 bridgehead atoms. The van der Waals surface area contributed by atoms with E-state index >= 15 is 0 Å². The Morgan fingerprint density at radius 1 is 0.889 bits per heavy atom. The fourth-order valence-electron chi connectivity index (χ4n) is 2.97. The number of hydrogen-bond acceptors (Lipinski definition) is 4. The summed E-state index contributed by atoms with van der Waals surface area (Å²) in [6.45, 7) is 5.36. The number of carbonyl (C=O) groups excluding carboxylic acids is 3. The maximum Gasteiger partial charge on any atom is 0.274 e. The monoisotopic (exact) mass is 366 g/mol. The van der Waals surface area contributed by atoms with Crippen LogP contribution in [0.2, 0.25) is 0 Å². The van der Waals surface area contributed by atoms with Gasteiger partial charge in [0.2, 0.25) is 5.91 Å². The average molecular weight is 366 g/mol. The van der Waals surface area contributed by atoms with E-state index in [4.69, 9.17) is 0 Å². The Bertz CT molecular complexity index is 873. The summed E-state index contributed by atoms with van der Waals surface area (Å²) < 4.78 is 0. The molecule has 3 rings (SSSR count). The Morgan fingerprint density at radius 2 is 1.52 bits per heavy atom. The molecule has 1 N–H and O–H groups in total. The first kappa shape index (κ1) is 18.6. The van der Waals surface area contributed by atoms with Crippen molar-refractivity contribution in [1.82, 2.24) is 14.8 Å². The lowest BCUT2D eigenvalue weighted by atomic mass is 10.2. The summed E-state index contributed by atoms with van der Waals surface area (Å²) in [5.74, 6) is -0.584. The number of amides is 3. The highest BCUT2D eigenvalue weighted by molar-refractivity contribution is 6.04. The molecule has 27 heavy (non-hydrogen) atoms. The van der Waals surface area contributed by atoms with E-state index in [0.29, 0.717) is 31.9 Å². The van der Waals surface area contributed by atoms with E-state index in [1.165, 1.54) is 6.92 Å². The molecule has 140 valence electrons. The minimum Gasteiger partial charge on any atom is -0.339 e. The summed E-state index contributed by atoms with van der Waals surface area (Å²) >= 11 is 0. The summed E-state index contributed by atoms with van der Waals surface area (Å²) in [4.78, 5) is 44.2. The molecule has 0 radical (unpaired) electrons. The summed E-state index contributed by atoms with van der Waals surface area (Å²) in [5.41, 5.74) is 2.07. The highest BCUT2D eigenvalue weighted by atomic mass is 16.2. The van der Waals surface area contributed by atoms with Gasteiger partial charge in [-0.1, -0.05) is 24.3 Å². The number of para-hydroxylation sites is 1. The van der Waals surface area contributed by atoms with Crippen molar-refractivity contribution in [3.05, 3.63) is 59.4 Å². The van der Waals surface area contributed by atoms with Crippen LogP contribution in [0.4, 0.5) is 5.69 Å². The molecule has 1 saturated heterocycles. The summed E-state index contributed by atoms with van der Waals surface area (Å²) in [5, 5.41) is 2.82. The van der Waals surface area contributed by atoms with Gasteiger partial charge in [0.05, 0.1) is 0 Å². The molecule has 1 fully saturated rings. The molecular weight excluding hydrogens is 344 g/mol. The standard InChI is InChI=1S/C20H22N4O3/c1-14-6-3-4-7-16(14)22-19(26)17-8-5-9-18(21-17)20(27)24-12-10-23(11-13-24)15(2)25/h3-9H,10-13H2,1-2H3,(H,22,26). The molecule has 0 atom stereocenters. The van der Waals surface area contributed by atoms with Crippen LogP contribution in [-0.4, -0.2) is 58.7 Å².